The van der Waals surface area contributed by atoms with Crippen LogP contribution in [0.2, 0.25) is 0 Å². The Kier molecular flexibility index (Phi) is 5.14. The highest BCUT2D eigenvalue weighted by atomic mass is 16.7. The van der Waals surface area contributed by atoms with Gasteiger partial charge >= 0.3 is 0 Å². The maximum atomic E-state index is 13.7. The van der Waals surface area contributed by atoms with E-state index in [0.29, 0.717) is 22.7 Å². The topological polar surface area (TPSA) is 88.5 Å². The van der Waals surface area contributed by atoms with Gasteiger partial charge in [0.2, 0.25) is 5.91 Å². The summed E-state index contributed by atoms with van der Waals surface area (Å²) in [4.78, 5) is 34.4. The van der Waals surface area contributed by atoms with Gasteiger partial charge in [-0.3, -0.25) is 14.4 Å². The van der Waals surface area contributed by atoms with Crippen LogP contribution in [0.15, 0.2) is 72.8 Å². The van der Waals surface area contributed by atoms with Crippen molar-refractivity contribution in [1.82, 2.24) is 0 Å². The third-order valence-electron chi connectivity index (χ3n) is 6.00. The van der Waals surface area contributed by atoms with Gasteiger partial charge in [-0.25, -0.2) is 9.96 Å². The molecule has 0 spiro atoms. The van der Waals surface area contributed by atoms with Crippen LogP contribution in [0.3, 0.4) is 0 Å². The summed E-state index contributed by atoms with van der Waals surface area (Å²) in [5.74, 6) is -0.984. The normalized spacial score (nSPS) is 21.9. The van der Waals surface area contributed by atoms with Gasteiger partial charge in [-0.05, 0) is 42.0 Å². The van der Waals surface area contributed by atoms with E-state index < -0.39 is 24.0 Å². The molecule has 2 fully saturated rings. The first kappa shape index (κ1) is 20.8. The number of carbonyl (C=O) groups is 2. The second-order valence-electron chi connectivity index (χ2n) is 7.77. The van der Waals surface area contributed by atoms with Crippen LogP contribution in [0.25, 0.3) is 0 Å². The van der Waals surface area contributed by atoms with Gasteiger partial charge in [0.1, 0.15) is 11.7 Å². The molecule has 3 aromatic rings. The number of hydrogen-bond acceptors (Lipinski definition) is 7. The van der Waals surface area contributed by atoms with Crippen LogP contribution in [-0.4, -0.2) is 37.2 Å². The standard InChI is InChI=1S/C25H22N2O6/c1-31-19-11-7-6-10-17(19)26-24(29)21-22(15-12-13-18(28)20(14-15)32-2)27(33-23(21)25(26)30)16-8-4-3-5-9-16/h3-14,21-23,28H,1-2H3/t21-,22+,23-/m0/s1. The van der Waals surface area contributed by atoms with Crippen molar-refractivity contribution in [2.24, 2.45) is 5.92 Å². The van der Waals surface area contributed by atoms with Crippen molar-refractivity contribution < 1.29 is 29.0 Å². The summed E-state index contributed by atoms with van der Waals surface area (Å²) in [6, 6.07) is 20.4. The zero-order valence-electron chi connectivity index (χ0n) is 18.0. The minimum absolute atomic E-state index is 0.0209. The maximum absolute atomic E-state index is 13.7. The minimum atomic E-state index is -1.01. The molecule has 0 saturated carbocycles. The zero-order chi connectivity index (χ0) is 23.1. The first-order chi connectivity index (χ1) is 16.0. The highest BCUT2D eigenvalue weighted by Gasteiger charge is 2.60. The molecule has 2 aliphatic heterocycles. The summed E-state index contributed by atoms with van der Waals surface area (Å²) in [6.07, 6.45) is -1.01. The number of anilines is 2. The van der Waals surface area contributed by atoms with Gasteiger partial charge in [0.05, 0.1) is 31.6 Å². The molecule has 0 aromatic heterocycles. The predicted molar refractivity (Wildman–Crippen MR) is 120 cm³/mol. The van der Waals surface area contributed by atoms with Gasteiger partial charge in [-0.2, -0.15) is 0 Å². The summed E-state index contributed by atoms with van der Waals surface area (Å²) in [7, 11) is 2.94. The van der Waals surface area contributed by atoms with E-state index >= 15 is 0 Å². The number of amides is 2. The Labute approximate surface area is 190 Å². The number of ether oxygens (including phenoxy) is 2. The van der Waals surface area contributed by atoms with E-state index in [1.54, 1.807) is 41.5 Å². The smallest absolute Gasteiger partial charge is 0.266 e. The van der Waals surface area contributed by atoms with Crippen LogP contribution >= 0.6 is 0 Å². The zero-order valence-corrected chi connectivity index (χ0v) is 18.0. The van der Waals surface area contributed by atoms with Crippen molar-refractivity contribution in [1.29, 1.82) is 0 Å². The van der Waals surface area contributed by atoms with Crippen molar-refractivity contribution in [2.75, 3.05) is 24.2 Å². The van der Waals surface area contributed by atoms with Gasteiger partial charge in [0, 0.05) is 0 Å². The lowest BCUT2D eigenvalue weighted by molar-refractivity contribution is -0.126. The van der Waals surface area contributed by atoms with Gasteiger partial charge in [0.15, 0.2) is 17.6 Å². The predicted octanol–water partition coefficient (Wildman–Crippen LogP) is 3.46. The summed E-state index contributed by atoms with van der Waals surface area (Å²) < 4.78 is 10.7. The second-order valence-corrected chi connectivity index (χ2v) is 7.77. The van der Waals surface area contributed by atoms with E-state index in [1.165, 1.54) is 20.3 Å². The van der Waals surface area contributed by atoms with Crippen LogP contribution in [0.5, 0.6) is 17.2 Å². The van der Waals surface area contributed by atoms with Crippen LogP contribution < -0.4 is 19.4 Å². The summed E-state index contributed by atoms with van der Waals surface area (Å²) >= 11 is 0. The Balaban J connectivity index is 1.62. The van der Waals surface area contributed by atoms with E-state index in [4.69, 9.17) is 14.3 Å². The highest BCUT2D eigenvalue weighted by molar-refractivity contribution is 6.24. The third kappa shape index (κ3) is 3.27. The number of fused-ring (bicyclic) bond motifs is 1. The first-order valence-corrected chi connectivity index (χ1v) is 10.4. The van der Waals surface area contributed by atoms with Gasteiger partial charge in [-0.1, -0.05) is 36.4 Å². The molecule has 2 heterocycles. The number of hydrogen-bond donors (Lipinski definition) is 1. The number of carbonyl (C=O) groups excluding carboxylic acids is 2. The van der Waals surface area contributed by atoms with Gasteiger partial charge in [-0.15, -0.1) is 0 Å². The molecular formula is C25H22N2O6. The monoisotopic (exact) mass is 446 g/mol. The van der Waals surface area contributed by atoms with E-state index in [9.17, 15) is 14.7 Å². The Morgan fingerprint density at radius 3 is 2.27 bits per heavy atom. The molecule has 8 heteroatoms. The van der Waals surface area contributed by atoms with Crippen LogP contribution in [0.1, 0.15) is 11.6 Å². The number of phenols is 1. The van der Waals surface area contributed by atoms with Crippen LogP contribution in [0.4, 0.5) is 11.4 Å². The Morgan fingerprint density at radius 2 is 1.55 bits per heavy atom. The molecule has 2 aliphatic rings. The fourth-order valence-corrected chi connectivity index (χ4v) is 4.48. The first-order valence-electron chi connectivity index (χ1n) is 10.4. The summed E-state index contributed by atoms with van der Waals surface area (Å²) in [5, 5.41) is 11.7. The van der Waals surface area contributed by atoms with E-state index in [-0.39, 0.29) is 17.4 Å². The Hall–Kier alpha value is -4.04. The van der Waals surface area contributed by atoms with E-state index in [0.717, 1.165) is 4.90 Å². The van der Waals surface area contributed by atoms with Crippen LogP contribution in [-0.2, 0) is 14.4 Å². The van der Waals surface area contributed by atoms with Crippen molar-refractivity contribution in [3.63, 3.8) is 0 Å². The fourth-order valence-electron chi connectivity index (χ4n) is 4.48. The molecule has 0 radical (unpaired) electrons. The lowest BCUT2D eigenvalue weighted by Gasteiger charge is -2.29. The lowest BCUT2D eigenvalue weighted by Crippen LogP contribution is -2.37. The number of para-hydroxylation sites is 3. The quantitative estimate of drug-likeness (QED) is 0.601. The maximum Gasteiger partial charge on any atom is 0.266 e. The minimum Gasteiger partial charge on any atom is -0.504 e. The van der Waals surface area contributed by atoms with Gasteiger partial charge < -0.3 is 14.6 Å². The number of rotatable bonds is 5. The number of phenolic OH excluding ortho intramolecular Hbond substituents is 1. The molecule has 33 heavy (non-hydrogen) atoms. The van der Waals surface area contributed by atoms with Crippen molar-refractivity contribution in [3.05, 3.63) is 78.4 Å². The molecule has 3 aromatic carbocycles. The molecule has 3 atom stereocenters. The Morgan fingerprint density at radius 1 is 0.848 bits per heavy atom. The number of hydroxylamine groups is 1. The molecular weight excluding hydrogens is 424 g/mol. The number of imide groups is 1. The average molecular weight is 446 g/mol. The molecule has 2 saturated heterocycles. The molecule has 0 unspecified atom stereocenters. The molecule has 0 aliphatic carbocycles. The number of nitrogens with zero attached hydrogens (tertiary/aromatic N) is 2. The lowest BCUT2D eigenvalue weighted by atomic mass is 9.90. The van der Waals surface area contributed by atoms with Crippen LogP contribution in [0, 0.1) is 5.92 Å². The molecule has 1 N–H and O–H groups in total. The highest BCUT2D eigenvalue weighted by Crippen LogP contribution is 2.49. The SMILES string of the molecule is COc1cc([C@@H]2[C@@H]3C(=O)N(c4ccccc4OC)C(=O)[C@H]3ON2c2ccccc2)ccc1O. The second kappa shape index (κ2) is 8.14. The molecule has 168 valence electrons. The van der Waals surface area contributed by atoms with E-state index in [1.807, 2.05) is 30.3 Å². The summed E-state index contributed by atoms with van der Waals surface area (Å²) in [6.45, 7) is 0. The molecule has 2 amide bonds. The summed E-state index contributed by atoms with van der Waals surface area (Å²) in [5.41, 5.74) is 1.75. The third-order valence-corrected chi connectivity index (χ3v) is 6.00. The van der Waals surface area contributed by atoms with Crippen molar-refractivity contribution >= 4 is 23.2 Å². The molecule has 0 bridgehead atoms. The Bertz CT molecular complexity index is 1210. The number of benzene rings is 3. The van der Waals surface area contributed by atoms with Crippen molar-refractivity contribution in [2.45, 2.75) is 12.1 Å². The molecule has 5 rings (SSSR count). The van der Waals surface area contributed by atoms with Gasteiger partial charge in [0.25, 0.3) is 5.91 Å². The average Bonchev–Trinajstić information content (AvgIpc) is 3.36. The fraction of sp³-hybridized carbons (Fsp3) is 0.200. The number of methoxy groups -OCH3 is 2. The molecule has 8 nitrogen and oxygen atoms in total. The van der Waals surface area contributed by atoms with E-state index in [2.05, 4.69) is 0 Å². The van der Waals surface area contributed by atoms with Crippen molar-refractivity contribution in [3.8, 4) is 17.2 Å². The largest absolute Gasteiger partial charge is 0.504 e. The number of aromatic hydroxyl groups is 1.